The van der Waals surface area contributed by atoms with E-state index in [1.807, 2.05) is 17.2 Å². The Hall–Kier alpha value is -1.65. The van der Waals surface area contributed by atoms with Crippen LogP contribution < -0.4 is 5.32 Å². The first kappa shape index (κ1) is 14.3. The molecule has 1 saturated heterocycles. The highest BCUT2D eigenvalue weighted by atomic mass is 16.2. The zero-order valence-corrected chi connectivity index (χ0v) is 12.7. The third kappa shape index (κ3) is 3.52. The van der Waals surface area contributed by atoms with Gasteiger partial charge in [-0.3, -0.25) is 4.79 Å². The van der Waals surface area contributed by atoms with Gasteiger partial charge in [0.2, 0.25) is 11.9 Å². The predicted molar refractivity (Wildman–Crippen MR) is 82.1 cm³/mol. The molecule has 0 aromatic carbocycles. The maximum absolute atomic E-state index is 11.5. The van der Waals surface area contributed by atoms with Gasteiger partial charge in [-0.05, 0) is 31.7 Å². The van der Waals surface area contributed by atoms with Crippen molar-refractivity contribution in [3.05, 3.63) is 18.0 Å². The van der Waals surface area contributed by atoms with Crippen molar-refractivity contribution in [3.8, 4) is 0 Å². The van der Waals surface area contributed by atoms with E-state index in [0.717, 1.165) is 31.9 Å². The van der Waals surface area contributed by atoms with Gasteiger partial charge < -0.3 is 10.2 Å². The van der Waals surface area contributed by atoms with E-state index >= 15 is 0 Å². The normalized spacial score (nSPS) is 23.3. The molecule has 5 heteroatoms. The number of nitrogens with zero attached hydrogens (tertiary/aromatic N) is 3. The van der Waals surface area contributed by atoms with Crippen LogP contribution in [0.15, 0.2) is 12.3 Å². The molecule has 1 aliphatic heterocycles. The summed E-state index contributed by atoms with van der Waals surface area (Å²) in [4.78, 5) is 22.4. The number of carbonyl (C=O) groups excluding carboxylic acids is 1. The predicted octanol–water partition coefficient (Wildman–Crippen LogP) is 2.56. The summed E-state index contributed by atoms with van der Waals surface area (Å²) in [6.45, 7) is 3.27. The van der Waals surface area contributed by atoms with Crippen molar-refractivity contribution in [2.24, 2.45) is 0 Å². The van der Waals surface area contributed by atoms with Crippen molar-refractivity contribution >= 4 is 11.9 Å². The molecule has 1 atom stereocenters. The molecule has 1 aromatic heterocycles. The van der Waals surface area contributed by atoms with Gasteiger partial charge in [0, 0.05) is 43.9 Å². The van der Waals surface area contributed by atoms with Crippen LogP contribution in [0.5, 0.6) is 0 Å². The number of anilines is 1. The highest BCUT2D eigenvalue weighted by molar-refractivity contribution is 5.73. The summed E-state index contributed by atoms with van der Waals surface area (Å²) < 4.78 is 0. The quantitative estimate of drug-likeness (QED) is 0.928. The van der Waals surface area contributed by atoms with E-state index in [2.05, 4.69) is 10.3 Å². The molecule has 1 amide bonds. The van der Waals surface area contributed by atoms with E-state index in [9.17, 15) is 4.79 Å². The van der Waals surface area contributed by atoms with Gasteiger partial charge in [-0.2, -0.15) is 0 Å². The first-order chi connectivity index (χ1) is 10.2. The summed E-state index contributed by atoms with van der Waals surface area (Å²) in [6, 6.07) is 2.31. The lowest BCUT2D eigenvalue weighted by atomic mass is 10.0. The highest BCUT2D eigenvalue weighted by Crippen LogP contribution is 2.33. The van der Waals surface area contributed by atoms with Crippen molar-refractivity contribution in [2.45, 2.75) is 57.4 Å². The van der Waals surface area contributed by atoms with E-state index in [-0.39, 0.29) is 11.9 Å². The van der Waals surface area contributed by atoms with Gasteiger partial charge in [0.1, 0.15) is 0 Å². The van der Waals surface area contributed by atoms with Gasteiger partial charge in [-0.15, -0.1) is 0 Å². The Labute approximate surface area is 126 Å². The standard InChI is InChI=1S/C16H24N4O/c1-12(21)20-10-4-7-14(11-20)18-16-17-9-8-15(19-16)13-5-2-3-6-13/h8-9,13-14H,2-7,10-11H2,1H3,(H,17,18,19). The van der Waals surface area contributed by atoms with E-state index in [1.165, 1.54) is 31.4 Å². The number of amides is 1. The number of piperidine rings is 1. The van der Waals surface area contributed by atoms with Crippen LogP contribution in [0.25, 0.3) is 0 Å². The summed E-state index contributed by atoms with van der Waals surface area (Å²) in [6.07, 6.45) is 9.09. The average Bonchev–Trinajstić information content (AvgIpc) is 3.02. The molecule has 0 spiro atoms. The Morgan fingerprint density at radius 2 is 2.10 bits per heavy atom. The van der Waals surface area contributed by atoms with Crippen LogP contribution in [0.2, 0.25) is 0 Å². The fraction of sp³-hybridized carbons (Fsp3) is 0.688. The van der Waals surface area contributed by atoms with E-state index in [0.29, 0.717) is 5.92 Å². The number of nitrogens with one attached hydrogen (secondary N) is 1. The van der Waals surface area contributed by atoms with Crippen LogP contribution in [-0.2, 0) is 4.79 Å². The van der Waals surface area contributed by atoms with Crippen LogP contribution in [-0.4, -0.2) is 39.9 Å². The van der Waals surface area contributed by atoms with Crippen LogP contribution in [0.1, 0.15) is 57.1 Å². The summed E-state index contributed by atoms with van der Waals surface area (Å²) in [5.41, 5.74) is 1.17. The Morgan fingerprint density at radius 1 is 1.29 bits per heavy atom. The van der Waals surface area contributed by atoms with Crippen molar-refractivity contribution in [2.75, 3.05) is 18.4 Å². The van der Waals surface area contributed by atoms with Gasteiger partial charge in [0.05, 0.1) is 0 Å². The minimum absolute atomic E-state index is 0.155. The Kier molecular flexibility index (Phi) is 4.36. The van der Waals surface area contributed by atoms with Crippen LogP contribution in [0.3, 0.4) is 0 Å². The summed E-state index contributed by atoms with van der Waals surface area (Å²) in [5, 5.41) is 3.41. The molecule has 21 heavy (non-hydrogen) atoms. The SMILES string of the molecule is CC(=O)N1CCCC(Nc2nccc(C3CCCC3)n2)C1. The zero-order chi connectivity index (χ0) is 14.7. The van der Waals surface area contributed by atoms with E-state index < -0.39 is 0 Å². The Balaban J connectivity index is 1.64. The number of aromatic nitrogens is 2. The topological polar surface area (TPSA) is 58.1 Å². The molecule has 1 aliphatic carbocycles. The molecule has 1 saturated carbocycles. The molecular formula is C16H24N4O. The summed E-state index contributed by atoms with van der Waals surface area (Å²) in [7, 11) is 0. The first-order valence-electron chi connectivity index (χ1n) is 8.07. The smallest absolute Gasteiger partial charge is 0.223 e. The third-order valence-corrected chi connectivity index (χ3v) is 4.65. The maximum Gasteiger partial charge on any atom is 0.223 e. The van der Waals surface area contributed by atoms with E-state index in [4.69, 9.17) is 4.98 Å². The molecule has 1 unspecified atom stereocenters. The van der Waals surface area contributed by atoms with E-state index in [1.54, 1.807) is 6.92 Å². The van der Waals surface area contributed by atoms with Crippen LogP contribution >= 0.6 is 0 Å². The second kappa shape index (κ2) is 6.41. The average molecular weight is 288 g/mol. The number of likely N-dealkylation sites (tertiary alicyclic amines) is 1. The Morgan fingerprint density at radius 3 is 2.86 bits per heavy atom. The van der Waals surface area contributed by atoms with Gasteiger partial charge >= 0.3 is 0 Å². The molecule has 2 heterocycles. The summed E-state index contributed by atoms with van der Waals surface area (Å²) >= 11 is 0. The van der Waals surface area contributed by atoms with Crippen molar-refractivity contribution in [1.82, 2.24) is 14.9 Å². The minimum atomic E-state index is 0.155. The van der Waals surface area contributed by atoms with Crippen molar-refractivity contribution < 1.29 is 4.79 Å². The number of hydrogen-bond acceptors (Lipinski definition) is 4. The number of hydrogen-bond donors (Lipinski definition) is 1. The van der Waals surface area contributed by atoms with Gasteiger partial charge in [0.15, 0.2) is 0 Å². The largest absolute Gasteiger partial charge is 0.350 e. The molecule has 0 bridgehead atoms. The molecule has 2 fully saturated rings. The molecule has 0 radical (unpaired) electrons. The molecule has 1 aromatic rings. The van der Waals surface area contributed by atoms with Gasteiger partial charge in [-0.25, -0.2) is 9.97 Å². The third-order valence-electron chi connectivity index (χ3n) is 4.65. The monoisotopic (exact) mass is 288 g/mol. The molecule has 3 rings (SSSR count). The maximum atomic E-state index is 11.5. The molecule has 5 nitrogen and oxygen atoms in total. The minimum Gasteiger partial charge on any atom is -0.350 e. The van der Waals surface area contributed by atoms with Crippen molar-refractivity contribution in [1.29, 1.82) is 0 Å². The van der Waals surface area contributed by atoms with Gasteiger partial charge in [-0.1, -0.05) is 12.8 Å². The fourth-order valence-corrected chi connectivity index (χ4v) is 3.45. The summed E-state index contributed by atoms with van der Waals surface area (Å²) in [5.74, 6) is 1.48. The molecule has 2 aliphatic rings. The molecule has 1 N–H and O–H groups in total. The Bertz CT molecular complexity index is 499. The lowest BCUT2D eigenvalue weighted by Crippen LogP contribution is -2.44. The van der Waals surface area contributed by atoms with Crippen LogP contribution in [0, 0.1) is 0 Å². The highest BCUT2D eigenvalue weighted by Gasteiger charge is 2.23. The zero-order valence-electron chi connectivity index (χ0n) is 12.7. The second-order valence-electron chi connectivity index (χ2n) is 6.24. The van der Waals surface area contributed by atoms with Gasteiger partial charge in [0.25, 0.3) is 0 Å². The lowest BCUT2D eigenvalue weighted by Gasteiger charge is -2.32. The lowest BCUT2D eigenvalue weighted by molar-refractivity contribution is -0.129. The molecular weight excluding hydrogens is 264 g/mol. The first-order valence-corrected chi connectivity index (χ1v) is 8.07. The van der Waals surface area contributed by atoms with Crippen LogP contribution in [0.4, 0.5) is 5.95 Å². The number of rotatable bonds is 3. The number of carbonyl (C=O) groups is 1. The van der Waals surface area contributed by atoms with Crippen molar-refractivity contribution in [3.63, 3.8) is 0 Å². The fourth-order valence-electron chi connectivity index (χ4n) is 3.45. The molecule has 114 valence electrons. The second-order valence-corrected chi connectivity index (χ2v) is 6.24.